The maximum absolute atomic E-state index is 11.4. The Balaban J connectivity index is 2.43. The molecule has 0 amide bonds. The summed E-state index contributed by atoms with van der Waals surface area (Å²) < 4.78 is 6.72. The fraction of sp³-hybridized carbons (Fsp3) is 0.538. The number of hydrogen-bond donors (Lipinski definition) is 0. The molecule has 0 unspecified atom stereocenters. The van der Waals surface area contributed by atoms with Crippen molar-refractivity contribution in [2.75, 3.05) is 6.61 Å². The molecule has 0 atom stereocenters. The van der Waals surface area contributed by atoms with Crippen molar-refractivity contribution in [3.05, 3.63) is 24.0 Å². The Labute approximate surface area is 102 Å². The second-order valence-electron chi connectivity index (χ2n) is 3.92. The summed E-state index contributed by atoms with van der Waals surface area (Å²) >= 11 is 0. The van der Waals surface area contributed by atoms with E-state index < -0.39 is 0 Å². The van der Waals surface area contributed by atoms with Gasteiger partial charge in [0.05, 0.1) is 6.61 Å². The smallest absolute Gasteiger partial charge is 0.325 e. The maximum Gasteiger partial charge on any atom is 0.325 e. The summed E-state index contributed by atoms with van der Waals surface area (Å²) in [4.78, 5) is 22.8. The first-order valence-corrected chi connectivity index (χ1v) is 6.02. The number of ether oxygens (including phenoxy) is 1. The van der Waals surface area contributed by atoms with E-state index in [0.29, 0.717) is 18.6 Å². The Morgan fingerprint density at radius 1 is 1.35 bits per heavy atom. The van der Waals surface area contributed by atoms with Gasteiger partial charge in [0, 0.05) is 24.4 Å². The molecule has 0 aromatic carbocycles. The molecule has 0 saturated heterocycles. The van der Waals surface area contributed by atoms with E-state index in [0.717, 1.165) is 12.8 Å². The van der Waals surface area contributed by atoms with Crippen molar-refractivity contribution in [3.63, 3.8) is 0 Å². The van der Waals surface area contributed by atoms with Gasteiger partial charge in [-0.1, -0.05) is 20.3 Å². The third-order valence-corrected chi connectivity index (χ3v) is 2.47. The first kappa shape index (κ1) is 13.5. The van der Waals surface area contributed by atoms with E-state index in [2.05, 4.69) is 0 Å². The summed E-state index contributed by atoms with van der Waals surface area (Å²) in [7, 11) is 0. The monoisotopic (exact) mass is 237 g/mol. The zero-order chi connectivity index (χ0) is 12.7. The van der Waals surface area contributed by atoms with Crippen LogP contribution in [0, 0.1) is 0 Å². The van der Waals surface area contributed by atoms with Gasteiger partial charge in [-0.2, -0.15) is 0 Å². The topological polar surface area (TPSA) is 48.3 Å². The van der Waals surface area contributed by atoms with Gasteiger partial charge in [0.2, 0.25) is 0 Å². The molecular weight excluding hydrogens is 218 g/mol. The Morgan fingerprint density at radius 3 is 2.76 bits per heavy atom. The molecule has 17 heavy (non-hydrogen) atoms. The SMILES string of the molecule is CCCCOC(=O)Cn1ccc(C(=O)CC)c1. The molecule has 0 radical (unpaired) electrons. The molecule has 0 N–H and O–H groups in total. The molecule has 1 aromatic heterocycles. The summed E-state index contributed by atoms with van der Waals surface area (Å²) in [6.45, 7) is 4.50. The van der Waals surface area contributed by atoms with Crippen molar-refractivity contribution in [1.82, 2.24) is 4.57 Å². The molecule has 0 aliphatic rings. The number of nitrogens with zero attached hydrogens (tertiary/aromatic N) is 1. The van der Waals surface area contributed by atoms with E-state index in [1.54, 1.807) is 23.0 Å². The lowest BCUT2D eigenvalue weighted by Gasteiger charge is -2.04. The molecule has 94 valence electrons. The summed E-state index contributed by atoms with van der Waals surface area (Å²) in [5.41, 5.74) is 0.647. The minimum absolute atomic E-state index is 0.0862. The number of rotatable bonds is 7. The van der Waals surface area contributed by atoms with Gasteiger partial charge in [0.25, 0.3) is 0 Å². The standard InChI is InChI=1S/C13H19NO3/c1-3-5-8-17-13(16)10-14-7-6-11(9-14)12(15)4-2/h6-7,9H,3-5,8,10H2,1-2H3. The lowest BCUT2D eigenvalue weighted by molar-refractivity contribution is -0.144. The second kappa shape index (κ2) is 6.89. The van der Waals surface area contributed by atoms with Crippen LogP contribution in [0.3, 0.4) is 0 Å². The second-order valence-corrected chi connectivity index (χ2v) is 3.92. The number of ketones is 1. The van der Waals surface area contributed by atoms with E-state index >= 15 is 0 Å². The predicted octanol–water partition coefficient (Wildman–Crippen LogP) is 2.42. The van der Waals surface area contributed by atoms with E-state index in [4.69, 9.17) is 4.74 Å². The van der Waals surface area contributed by atoms with Crippen LogP contribution >= 0.6 is 0 Å². The van der Waals surface area contributed by atoms with Gasteiger partial charge < -0.3 is 9.30 Å². The molecule has 1 aromatic rings. The zero-order valence-corrected chi connectivity index (χ0v) is 10.4. The van der Waals surface area contributed by atoms with Crippen molar-refractivity contribution in [2.24, 2.45) is 0 Å². The minimum Gasteiger partial charge on any atom is -0.464 e. The van der Waals surface area contributed by atoms with E-state index in [-0.39, 0.29) is 18.3 Å². The lowest BCUT2D eigenvalue weighted by Crippen LogP contribution is -2.13. The van der Waals surface area contributed by atoms with Crippen LogP contribution in [0.15, 0.2) is 18.5 Å². The van der Waals surface area contributed by atoms with Gasteiger partial charge >= 0.3 is 5.97 Å². The Kier molecular flexibility index (Phi) is 5.46. The van der Waals surface area contributed by atoms with E-state index in [9.17, 15) is 9.59 Å². The first-order chi connectivity index (χ1) is 8.17. The fourth-order valence-corrected chi connectivity index (χ4v) is 1.43. The summed E-state index contributed by atoms with van der Waals surface area (Å²) in [6.07, 6.45) is 5.78. The van der Waals surface area contributed by atoms with Gasteiger partial charge in [-0.15, -0.1) is 0 Å². The number of Topliss-reactive ketones (excluding diaryl/α,β-unsaturated/α-hetero) is 1. The molecule has 0 spiro atoms. The number of hydrogen-bond acceptors (Lipinski definition) is 3. The Hall–Kier alpha value is -1.58. The Bertz CT molecular complexity index is 382. The summed E-state index contributed by atoms with van der Waals surface area (Å²) in [6, 6.07) is 1.73. The molecule has 0 fully saturated rings. The predicted molar refractivity (Wildman–Crippen MR) is 64.9 cm³/mol. The molecule has 0 aliphatic carbocycles. The van der Waals surface area contributed by atoms with Crippen LogP contribution in [0.2, 0.25) is 0 Å². The third kappa shape index (κ3) is 4.43. The number of aromatic nitrogens is 1. The van der Waals surface area contributed by atoms with Crippen LogP contribution < -0.4 is 0 Å². The van der Waals surface area contributed by atoms with Crippen LogP contribution in [0.5, 0.6) is 0 Å². The van der Waals surface area contributed by atoms with E-state index in [1.807, 2.05) is 13.8 Å². The average molecular weight is 237 g/mol. The maximum atomic E-state index is 11.4. The zero-order valence-electron chi connectivity index (χ0n) is 10.4. The number of unbranched alkanes of at least 4 members (excludes halogenated alkanes) is 1. The van der Waals surface area contributed by atoms with Crippen molar-refractivity contribution in [2.45, 2.75) is 39.7 Å². The van der Waals surface area contributed by atoms with Crippen molar-refractivity contribution in [3.8, 4) is 0 Å². The number of carbonyl (C=O) groups excluding carboxylic acids is 2. The largest absolute Gasteiger partial charge is 0.464 e. The van der Waals surface area contributed by atoms with Crippen LogP contribution in [-0.4, -0.2) is 22.9 Å². The third-order valence-electron chi connectivity index (χ3n) is 2.47. The van der Waals surface area contributed by atoms with Crippen LogP contribution in [0.1, 0.15) is 43.5 Å². The molecule has 0 bridgehead atoms. The molecule has 4 nitrogen and oxygen atoms in total. The molecule has 0 aliphatic heterocycles. The van der Waals surface area contributed by atoms with Crippen LogP contribution in [0.25, 0.3) is 0 Å². The normalized spacial score (nSPS) is 10.2. The Morgan fingerprint density at radius 2 is 2.12 bits per heavy atom. The highest BCUT2D eigenvalue weighted by atomic mass is 16.5. The molecular formula is C13H19NO3. The quantitative estimate of drug-likeness (QED) is 0.415. The highest BCUT2D eigenvalue weighted by Crippen LogP contribution is 2.05. The lowest BCUT2D eigenvalue weighted by atomic mass is 10.2. The van der Waals surface area contributed by atoms with Gasteiger partial charge in [-0.3, -0.25) is 9.59 Å². The minimum atomic E-state index is -0.260. The highest BCUT2D eigenvalue weighted by molar-refractivity contribution is 5.95. The number of esters is 1. The fourth-order valence-electron chi connectivity index (χ4n) is 1.43. The van der Waals surface area contributed by atoms with Crippen LogP contribution in [0.4, 0.5) is 0 Å². The van der Waals surface area contributed by atoms with Crippen molar-refractivity contribution in [1.29, 1.82) is 0 Å². The summed E-state index contributed by atoms with van der Waals surface area (Å²) in [5, 5.41) is 0. The molecule has 0 saturated carbocycles. The van der Waals surface area contributed by atoms with Gasteiger partial charge in [0.15, 0.2) is 5.78 Å². The van der Waals surface area contributed by atoms with Crippen molar-refractivity contribution >= 4 is 11.8 Å². The molecule has 4 heteroatoms. The van der Waals surface area contributed by atoms with Crippen LogP contribution in [-0.2, 0) is 16.1 Å². The molecule has 1 heterocycles. The molecule has 1 rings (SSSR count). The van der Waals surface area contributed by atoms with Gasteiger partial charge in [-0.05, 0) is 12.5 Å². The first-order valence-electron chi connectivity index (χ1n) is 6.02. The van der Waals surface area contributed by atoms with Crippen molar-refractivity contribution < 1.29 is 14.3 Å². The van der Waals surface area contributed by atoms with Gasteiger partial charge in [0.1, 0.15) is 6.54 Å². The summed E-state index contributed by atoms with van der Waals surface area (Å²) in [5.74, 6) is -0.173. The highest BCUT2D eigenvalue weighted by Gasteiger charge is 2.08. The van der Waals surface area contributed by atoms with E-state index in [1.165, 1.54) is 0 Å². The average Bonchev–Trinajstić information content (AvgIpc) is 2.77. The van der Waals surface area contributed by atoms with Gasteiger partial charge in [-0.25, -0.2) is 0 Å². The number of carbonyl (C=O) groups is 2.